The van der Waals surface area contributed by atoms with E-state index in [4.69, 9.17) is 4.52 Å². The van der Waals surface area contributed by atoms with E-state index in [0.29, 0.717) is 0 Å². The van der Waals surface area contributed by atoms with E-state index in [1.165, 1.54) is 11.1 Å². The molecule has 0 saturated heterocycles. The van der Waals surface area contributed by atoms with Gasteiger partial charge in [0, 0.05) is 18.0 Å². The minimum atomic E-state index is -0.152. The van der Waals surface area contributed by atoms with E-state index >= 15 is 0 Å². The van der Waals surface area contributed by atoms with Crippen LogP contribution >= 0.6 is 0 Å². The molecule has 124 valence electrons. The smallest absolute Gasteiger partial charge is 0.236 e. The third kappa shape index (κ3) is 2.87. The van der Waals surface area contributed by atoms with E-state index in [1.54, 1.807) is 0 Å². The quantitative estimate of drug-likeness (QED) is 0.674. The first kappa shape index (κ1) is 15.4. The van der Waals surface area contributed by atoms with Gasteiger partial charge in [-0.15, -0.1) is 0 Å². The average molecular weight is 329 g/mol. The minimum absolute atomic E-state index is 0.152. The topological polar surface area (TPSA) is 41.6 Å². The van der Waals surface area contributed by atoms with Crippen molar-refractivity contribution in [3.8, 4) is 11.1 Å². The van der Waals surface area contributed by atoms with Crippen molar-refractivity contribution < 1.29 is 4.52 Å². The molecule has 0 aliphatic carbocycles. The third-order valence-corrected chi connectivity index (χ3v) is 4.51. The monoisotopic (exact) mass is 329 g/mol. The summed E-state index contributed by atoms with van der Waals surface area (Å²) in [5.74, 6) is 0.739. The van der Waals surface area contributed by atoms with Crippen molar-refractivity contribution in [2.24, 2.45) is 4.99 Å². The Morgan fingerprint density at radius 1 is 0.920 bits per heavy atom. The number of aromatic nitrogens is 1. The van der Waals surface area contributed by atoms with Crippen molar-refractivity contribution in [1.29, 1.82) is 0 Å². The molecule has 0 saturated carbocycles. The van der Waals surface area contributed by atoms with E-state index in [1.807, 2.05) is 43.3 Å². The number of allylic oxidation sites excluding steroid dienone is 1. The van der Waals surface area contributed by atoms with Gasteiger partial charge in [-0.2, -0.15) is 0 Å². The molecule has 4 rings (SSSR count). The van der Waals surface area contributed by atoms with Crippen LogP contribution in [0, 0.1) is 13.8 Å². The molecule has 3 aromatic rings. The number of anilines is 1. The van der Waals surface area contributed by atoms with E-state index < -0.39 is 0 Å². The van der Waals surface area contributed by atoms with Gasteiger partial charge in [-0.05, 0) is 36.6 Å². The highest BCUT2D eigenvalue weighted by atomic mass is 16.5. The number of hydrogen-bond donors (Lipinski definition) is 0. The predicted octanol–water partition coefficient (Wildman–Crippen LogP) is 5.06. The number of rotatable bonds is 3. The van der Waals surface area contributed by atoms with Gasteiger partial charge in [-0.25, -0.2) is 0 Å². The number of aryl methyl sites for hydroxylation is 1. The van der Waals surface area contributed by atoms with Gasteiger partial charge < -0.3 is 4.52 Å². The van der Waals surface area contributed by atoms with Gasteiger partial charge in [0.05, 0.1) is 5.69 Å². The molecular formula is C21H19N3O. The fraction of sp³-hybridized carbons (Fsp3) is 0.143. The highest BCUT2D eigenvalue weighted by Gasteiger charge is 2.25. The molecule has 1 aromatic heterocycles. The molecule has 4 nitrogen and oxygen atoms in total. The molecule has 25 heavy (non-hydrogen) atoms. The van der Waals surface area contributed by atoms with Crippen molar-refractivity contribution in [2.45, 2.75) is 20.0 Å². The van der Waals surface area contributed by atoms with Crippen LogP contribution in [0.2, 0.25) is 0 Å². The lowest BCUT2D eigenvalue weighted by Gasteiger charge is -2.27. The highest BCUT2D eigenvalue weighted by molar-refractivity contribution is 5.75. The lowest BCUT2D eigenvalue weighted by Crippen LogP contribution is -2.24. The average Bonchev–Trinajstić information content (AvgIpc) is 3.01. The Kier molecular flexibility index (Phi) is 3.94. The van der Waals surface area contributed by atoms with E-state index in [2.05, 4.69) is 58.7 Å². The molecule has 2 aromatic carbocycles. The maximum atomic E-state index is 5.53. The van der Waals surface area contributed by atoms with Gasteiger partial charge in [-0.3, -0.25) is 9.89 Å². The van der Waals surface area contributed by atoms with Crippen molar-refractivity contribution in [1.82, 2.24) is 5.16 Å². The van der Waals surface area contributed by atoms with Gasteiger partial charge in [0.25, 0.3) is 0 Å². The van der Waals surface area contributed by atoms with Gasteiger partial charge in [0.15, 0.2) is 6.17 Å². The molecule has 0 bridgehead atoms. The summed E-state index contributed by atoms with van der Waals surface area (Å²) in [7, 11) is 0. The Morgan fingerprint density at radius 2 is 1.64 bits per heavy atom. The Bertz CT molecular complexity index is 924. The van der Waals surface area contributed by atoms with Crippen LogP contribution in [0.15, 0.2) is 76.4 Å². The third-order valence-electron chi connectivity index (χ3n) is 4.51. The zero-order valence-electron chi connectivity index (χ0n) is 14.3. The first-order valence-corrected chi connectivity index (χ1v) is 8.30. The van der Waals surface area contributed by atoms with Crippen LogP contribution in [-0.4, -0.2) is 11.4 Å². The maximum absolute atomic E-state index is 5.53. The standard InChI is InChI=1S/C21H19N3O/c1-15-16(2)23-25-21(15)24-14-6-13-22-20(24)19-11-9-18(10-12-19)17-7-4-3-5-8-17/h3-14,20H,1-2H3. The predicted molar refractivity (Wildman–Crippen MR) is 101 cm³/mol. The SMILES string of the molecule is Cc1noc(N2C=CC=NC2c2ccc(-c3ccccc3)cc2)c1C. The van der Waals surface area contributed by atoms with Crippen LogP contribution in [0.5, 0.6) is 0 Å². The normalized spacial score (nSPS) is 16.4. The molecule has 0 spiro atoms. The van der Waals surface area contributed by atoms with Crippen molar-refractivity contribution in [3.63, 3.8) is 0 Å². The lowest BCUT2D eigenvalue weighted by atomic mass is 10.0. The molecule has 4 heteroatoms. The largest absolute Gasteiger partial charge is 0.338 e. The number of benzene rings is 2. The van der Waals surface area contributed by atoms with Crippen LogP contribution in [-0.2, 0) is 0 Å². The fourth-order valence-electron chi connectivity index (χ4n) is 2.96. The van der Waals surface area contributed by atoms with Crippen LogP contribution in [0.1, 0.15) is 23.0 Å². The zero-order chi connectivity index (χ0) is 17.2. The molecule has 0 fully saturated rings. The summed E-state index contributed by atoms with van der Waals surface area (Å²) in [5.41, 5.74) is 5.44. The van der Waals surface area contributed by atoms with E-state index in [9.17, 15) is 0 Å². The number of hydrogen-bond acceptors (Lipinski definition) is 4. The molecule has 0 radical (unpaired) electrons. The Balaban J connectivity index is 1.67. The van der Waals surface area contributed by atoms with E-state index in [-0.39, 0.29) is 6.17 Å². The van der Waals surface area contributed by atoms with Gasteiger partial charge >= 0.3 is 0 Å². The van der Waals surface area contributed by atoms with E-state index in [0.717, 1.165) is 22.7 Å². The highest BCUT2D eigenvalue weighted by Crippen LogP contribution is 2.34. The summed E-state index contributed by atoms with van der Waals surface area (Å²) >= 11 is 0. The summed E-state index contributed by atoms with van der Waals surface area (Å²) in [6, 6.07) is 18.9. The second kappa shape index (κ2) is 6.40. The van der Waals surface area contributed by atoms with Crippen LogP contribution in [0.3, 0.4) is 0 Å². The van der Waals surface area contributed by atoms with Gasteiger partial charge in [0.1, 0.15) is 0 Å². The summed E-state index contributed by atoms with van der Waals surface area (Å²) in [4.78, 5) is 6.66. The molecule has 1 aliphatic heterocycles. The fourth-order valence-corrected chi connectivity index (χ4v) is 2.96. The lowest BCUT2D eigenvalue weighted by molar-refractivity contribution is 0.410. The second-order valence-corrected chi connectivity index (χ2v) is 6.11. The maximum Gasteiger partial charge on any atom is 0.236 e. The number of nitrogens with zero attached hydrogens (tertiary/aromatic N) is 3. The molecule has 0 amide bonds. The van der Waals surface area contributed by atoms with Crippen LogP contribution in [0.25, 0.3) is 11.1 Å². The molecule has 1 atom stereocenters. The number of aliphatic imine (C=N–C) groups is 1. The second-order valence-electron chi connectivity index (χ2n) is 6.11. The first-order chi connectivity index (χ1) is 12.2. The van der Waals surface area contributed by atoms with Crippen molar-refractivity contribution in [3.05, 3.63) is 83.7 Å². The Hall–Kier alpha value is -3.14. The molecule has 1 unspecified atom stereocenters. The summed E-state index contributed by atoms with van der Waals surface area (Å²) in [6.45, 7) is 3.96. The van der Waals surface area contributed by atoms with Gasteiger partial charge in [0.2, 0.25) is 5.88 Å². The Labute approximate surface area is 147 Å². The molecule has 0 N–H and O–H groups in total. The zero-order valence-corrected chi connectivity index (χ0v) is 14.3. The van der Waals surface area contributed by atoms with Crippen LogP contribution < -0.4 is 4.90 Å². The van der Waals surface area contributed by atoms with Crippen LogP contribution in [0.4, 0.5) is 5.88 Å². The van der Waals surface area contributed by atoms with Crippen molar-refractivity contribution >= 4 is 12.1 Å². The molecular weight excluding hydrogens is 310 g/mol. The summed E-state index contributed by atoms with van der Waals surface area (Å²) < 4.78 is 5.53. The first-order valence-electron chi connectivity index (χ1n) is 8.30. The summed E-state index contributed by atoms with van der Waals surface area (Å²) in [5, 5.41) is 4.07. The minimum Gasteiger partial charge on any atom is -0.338 e. The van der Waals surface area contributed by atoms with Gasteiger partial charge in [-0.1, -0.05) is 59.8 Å². The van der Waals surface area contributed by atoms with Crippen molar-refractivity contribution in [2.75, 3.05) is 4.90 Å². The summed E-state index contributed by atoms with van der Waals surface area (Å²) in [6.07, 6.45) is 5.56. The Morgan fingerprint density at radius 3 is 2.32 bits per heavy atom. The molecule has 2 heterocycles. The molecule has 1 aliphatic rings.